The average Bonchev–Trinajstić information content (AvgIpc) is 2.93. The molecule has 122 valence electrons. The van der Waals surface area contributed by atoms with Crippen LogP contribution in [-0.4, -0.2) is 24.1 Å². The molecule has 1 aromatic carbocycles. The van der Waals surface area contributed by atoms with E-state index in [2.05, 4.69) is 5.32 Å². The summed E-state index contributed by atoms with van der Waals surface area (Å²) in [5.74, 6) is -0.848. The van der Waals surface area contributed by atoms with Gasteiger partial charge in [0.15, 0.2) is 6.04 Å². The van der Waals surface area contributed by atoms with Gasteiger partial charge in [0.2, 0.25) is 0 Å². The molecular formula is C17H19NO4S. The summed E-state index contributed by atoms with van der Waals surface area (Å²) in [7, 11) is 1.54. The number of carboxylic acids is 1. The number of hydrogen-bond acceptors (Lipinski definition) is 4. The fourth-order valence-corrected chi connectivity index (χ4v) is 3.29. The molecular weight excluding hydrogens is 314 g/mol. The summed E-state index contributed by atoms with van der Waals surface area (Å²) in [4.78, 5) is 25.5. The van der Waals surface area contributed by atoms with E-state index >= 15 is 0 Å². The Bertz CT molecular complexity index is 706. The summed E-state index contributed by atoms with van der Waals surface area (Å²) in [5, 5.41) is 12.0. The molecule has 1 atom stereocenters. The fraction of sp³-hybridized carbons (Fsp3) is 0.294. The summed E-state index contributed by atoms with van der Waals surface area (Å²) in [6.07, 6.45) is 0.852. The van der Waals surface area contributed by atoms with Gasteiger partial charge in [0.1, 0.15) is 5.75 Å². The summed E-state index contributed by atoms with van der Waals surface area (Å²) in [6.45, 7) is 3.97. The number of aryl methyl sites for hydroxylation is 2. The summed E-state index contributed by atoms with van der Waals surface area (Å²) >= 11 is 1.40. The molecule has 1 heterocycles. The van der Waals surface area contributed by atoms with Crippen molar-refractivity contribution in [3.8, 4) is 5.75 Å². The molecule has 0 aliphatic rings. The Labute approximate surface area is 138 Å². The molecule has 2 N–H and O–H groups in total. The molecule has 0 spiro atoms. The highest BCUT2D eigenvalue weighted by molar-refractivity contribution is 7.14. The lowest BCUT2D eigenvalue weighted by Gasteiger charge is -2.14. The number of carboxylic acid groups (broad SMARTS) is 1. The second-order valence-corrected chi connectivity index (χ2v) is 6.23. The Morgan fingerprint density at radius 1 is 1.30 bits per heavy atom. The third kappa shape index (κ3) is 3.90. The highest BCUT2D eigenvalue weighted by Gasteiger charge is 2.23. The predicted molar refractivity (Wildman–Crippen MR) is 89.3 cm³/mol. The number of carbonyl (C=O) groups excluding carboxylic acids is 1. The number of amides is 1. The molecule has 1 aromatic heterocycles. The van der Waals surface area contributed by atoms with Crippen molar-refractivity contribution >= 4 is 23.2 Å². The Balaban J connectivity index is 2.21. The number of aliphatic carboxylic acids is 1. The first-order valence-corrected chi connectivity index (χ1v) is 8.04. The normalized spacial score (nSPS) is 11.8. The molecule has 0 aliphatic heterocycles. The van der Waals surface area contributed by atoms with Gasteiger partial charge in [-0.05, 0) is 42.7 Å². The smallest absolute Gasteiger partial charge is 0.330 e. The minimum atomic E-state index is -1.10. The van der Waals surface area contributed by atoms with Gasteiger partial charge in [-0.15, -0.1) is 11.3 Å². The van der Waals surface area contributed by atoms with Crippen LogP contribution in [0.25, 0.3) is 0 Å². The third-order valence-corrected chi connectivity index (χ3v) is 4.92. The van der Waals surface area contributed by atoms with Crippen LogP contribution >= 0.6 is 11.3 Å². The molecule has 0 bridgehead atoms. The van der Waals surface area contributed by atoms with Gasteiger partial charge < -0.3 is 15.2 Å². The van der Waals surface area contributed by atoms with Gasteiger partial charge in [0, 0.05) is 4.88 Å². The number of ether oxygens (including phenoxy) is 1. The highest BCUT2D eigenvalue weighted by atomic mass is 32.1. The largest absolute Gasteiger partial charge is 0.497 e. The van der Waals surface area contributed by atoms with Crippen LogP contribution in [0.5, 0.6) is 5.75 Å². The minimum Gasteiger partial charge on any atom is -0.497 e. The van der Waals surface area contributed by atoms with Crippen molar-refractivity contribution in [1.29, 1.82) is 0 Å². The molecule has 6 heteroatoms. The molecule has 2 aromatic rings. The first kappa shape index (κ1) is 17.0. The molecule has 1 unspecified atom stereocenters. The van der Waals surface area contributed by atoms with Crippen molar-refractivity contribution in [3.05, 3.63) is 51.2 Å². The van der Waals surface area contributed by atoms with E-state index in [1.165, 1.54) is 18.4 Å². The van der Waals surface area contributed by atoms with Gasteiger partial charge in [-0.25, -0.2) is 4.79 Å². The Hall–Kier alpha value is -2.34. The van der Waals surface area contributed by atoms with Crippen LogP contribution in [-0.2, 0) is 11.2 Å². The summed E-state index contributed by atoms with van der Waals surface area (Å²) in [5.41, 5.74) is 1.55. The van der Waals surface area contributed by atoms with E-state index in [1.807, 2.05) is 13.8 Å². The van der Waals surface area contributed by atoms with Gasteiger partial charge >= 0.3 is 5.97 Å². The molecule has 0 saturated heterocycles. The molecule has 23 heavy (non-hydrogen) atoms. The van der Waals surface area contributed by atoms with Crippen LogP contribution in [0.1, 0.15) is 38.6 Å². The maximum absolute atomic E-state index is 12.3. The average molecular weight is 333 g/mol. The standard InChI is InChI=1S/C17H19NO4S/c1-4-13-10(2)9-14(23-13)16(19)18-15(17(20)21)11-5-7-12(22-3)8-6-11/h5-9,15H,4H2,1-3H3,(H,18,19)(H,20,21). The van der Waals surface area contributed by atoms with Crippen LogP contribution in [0.4, 0.5) is 0 Å². The van der Waals surface area contributed by atoms with Gasteiger partial charge in [-0.1, -0.05) is 19.1 Å². The van der Waals surface area contributed by atoms with Crippen LogP contribution in [0, 0.1) is 6.92 Å². The molecule has 0 aliphatic carbocycles. The second-order valence-electron chi connectivity index (χ2n) is 5.09. The zero-order valence-electron chi connectivity index (χ0n) is 13.3. The zero-order chi connectivity index (χ0) is 17.0. The first-order chi connectivity index (χ1) is 11.0. The topological polar surface area (TPSA) is 75.6 Å². The quantitative estimate of drug-likeness (QED) is 0.851. The van der Waals surface area contributed by atoms with Crippen molar-refractivity contribution in [3.63, 3.8) is 0 Å². The van der Waals surface area contributed by atoms with Crippen molar-refractivity contribution in [2.75, 3.05) is 7.11 Å². The van der Waals surface area contributed by atoms with E-state index < -0.39 is 12.0 Å². The lowest BCUT2D eigenvalue weighted by atomic mass is 10.1. The van der Waals surface area contributed by atoms with Crippen molar-refractivity contribution in [2.24, 2.45) is 0 Å². The number of carbonyl (C=O) groups is 2. The van der Waals surface area contributed by atoms with E-state index in [0.717, 1.165) is 16.9 Å². The predicted octanol–water partition coefficient (Wildman–Crippen LogP) is 3.18. The SMILES string of the molecule is CCc1sc(C(=O)NC(C(=O)O)c2ccc(OC)cc2)cc1C. The summed E-state index contributed by atoms with van der Waals surface area (Å²) < 4.78 is 5.05. The molecule has 0 radical (unpaired) electrons. The lowest BCUT2D eigenvalue weighted by Crippen LogP contribution is -2.33. The number of rotatable bonds is 6. The molecule has 0 fully saturated rings. The van der Waals surface area contributed by atoms with Gasteiger partial charge in [-0.2, -0.15) is 0 Å². The van der Waals surface area contributed by atoms with Crippen LogP contribution < -0.4 is 10.1 Å². The van der Waals surface area contributed by atoms with Crippen LogP contribution in [0.3, 0.4) is 0 Å². The molecule has 1 amide bonds. The van der Waals surface area contributed by atoms with Gasteiger partial charge in [-0.3, -0.25) is 4.79 Å². The maximum Gasteiger partial charge on any atom is 0.330 e. The number of nitrogens with one attached hydrogen (secondary N) is 1. The first-order valence-electron chi connectivity index (χ1n) is 7.23. The van der Waals surface area contributed by atoms with Gasteiger partial charge in [0.25, 0.3) is 5.91 Å². The maximum atomic E-state index is 12.3. The monoisotopic (exact) mass is 333 g/mol. The number of benzene rings is 1. The molecule has 0 saturated carbocycles. The summed E-state index contributed by atoms with van der Waals surface area (Å²) in [6, 6.07) is 7.31. The Morgan fingerprint density at radius 3 is 2.43 bits per heavy atom. The van der Waals surface area contributed by atoms with E-state index in [4.69, 9.17) is 4.74 Å². The van der Waals surface area contributed by atoms with E-state index in [1.54, 1.807) is 30.3 Å². The van der Waals surface area contributed by atoms with E-state index in [0.29, 0.717) is 16.2 Å². The number of thiophene rings is 1. The van der Waals surface area contributed by atoms with Crippen LogP contribution in [0.2, 0.25) is 0 Å². The van der Waals surface area contributed by atoms with E-state index in [-0.39, 0.29) is 5.91 Å². The van der Waals surface area contributed by atoms with Crippen molar-refractivity contribution < 1.29 is 19.4 Å². The van der Waals surface area contributed by atoms with Gasteiger partial charge in [0.05, 0.1) is 12.0 Å². The highest BCUT2D eigenvalue weighted by Crippen LogP contribution is 2.24. The number of hydrogen-bond donors (Lipinski definition) is 2. The lowest BCUT2D eigenvalue weighted by molar-refractivity contribution is -0.139. The molecule has 2 rings (SSSR count). The Kier molecular flexibility index (Phi) is 5.39. The van der Waals surface area contributed by atoms with Crippen molar-refractivity contribution in [1.82, 2.24) is 5.32 Å². The fourth-order valence-electron chi connectivity index (χ4n) is 2.27. The third-order valence-electron chi connectivity index (χ3n) is 3.54. The number of methoxy groups -OCH3 is 1. The minimum absolute atomic E-state index is 0.374. The zero-order valence-corrected chi connectivity index (χ0v) is 14.1. The molecule has 5 nitrogen and oxygen atoms in total. The van der Waals surface area contributed by atoms with E-state index in [9.17, 15) is 14.7 Å². The van der Waals surface area contributed by atoms with Crippen molar-refractivity contribution in [2.45, 2.75) is 26.3 Å². The second kappa shape index (κ2) is 7.28. The van der Waals surface area contributed by atoms with Crippen LogP contribution in [0.15, 0.2) is 30.3 Å². The Morgan fingerprint density at radius 2 is 1.96 bits per heavy atom.